The van der Waals surface area contributed by atoms with Crippen LogP contribution >= 0.6 is 0 Å². The normalized spacial score (nSPS) is 18.0. The highest BCUT2D eigenvalue weighted by atomic mass is 16.3. The summed E-state index contributed by atoms with van der Waals surface area (Å²) in [5.41, 5.74) is 9.38. The molecule has 0 aliphatic heterocycles. The molecule has 1 aliphatic carbocycles. The second-order valence-electron chi connectivity index (χ2n) is 8.54. The molecular formula is C24H34N2O4. The van der Waals surface area contributed by atoms with Crippen molar-refractivity contribution >= 4 is 0 Å². The van der Waals surface area contributed by atoms with Crippen LogP contribution in [0.3, 0.4) is 0 Å². The Labute approximate surface area is 178 Å². The van der Waals surface area contributed by atoms with Gasteiger partial charge in [0, 0.05) is 11.6 Å². The van der Waals surface area contributed by atoms with Gasteiger partial charge in [0.1, 0.15) is 0 Å². The summed E-state index contributed by atoms with van der Waals surface area (Å²) in [6.45, 7) is 2.18. The van der Waals surface area contributed by atoms with Crippen LogP contribution in [0.25, 0.3) is 0 Å². The van der Waals surface area contributed by atoms with E-state index in [0.717, 1.165) is 68.1 Å². The van der Waals surface area contributed by atoms with Crippen LogP contribution in [-0.2, 0) is 19.3 Å². The van der Waals surface area contributed by atoms with E-state index in [1.165, 1.54) is 6.07 Å². The standard InChI is InChI=1S/C24H34N2O4/c1-2-3-15(4-5-16-6-10-20(27)22(29)12-16)13-23(25)26-18-8-9-19-17(14-18)7-11-21(28)24(19)30/h6-7,10-12,15,18,23,26-30H,2-5,8-9,13-14,25H2,1H3. The van der Waals surface area contributed by atoms with Gasteiger partial charge in [-0.3, -0.25) is 5.32 Å². The first kappa shape index (κ1) is 22.2. The van der Waals surface area contributed by atoms with Crippen molar-refractivity contribution in [2.45, 2.75) is 70.5 Å². The molecule has 3 unspecified atom stereocenters. The lowest BCUT2D eigenvalue weighted by atomic mass is 9.86. The number of rotatable bonds is 9. The van der Waals surface area contributed by atoms with Gasteiger partial charge in [-0.05, 0) is 73.8 Å². The van der Waals surface area contributed by atoms with E-state index >= 15 is 0 Å². The van der Waals surface area contributed by atoms with Crippen LogP contribution in [0, 0.1) is 5.92 Å². The molecule has 164 valence electrons. The zero-order valence-corrected chi connectivity index (χ0v) is 17.6. The number of phenols is 4. The van der Waals surface area contributed by atoms with Gasteiger partial charge in [-0.2, -0.15) is 0 Å². The van der Waals surface area contributed by atoms with E-state index in [2.05, 4.69) is 12.2 Å². The van der Waals surface area contributed by atoms with Crippen LogP contribution in [-0.4, -0.2) is 32.6 Å². The van der Waals surface area contributed by atoms with Gasteiger partial charge in [-0.15, -0.1) is 0 Å². The molecule has 0 amide bonds. The second-order valence-corrected chi connectivity index (χ2v) is 8.54. The number of hydrogen-bond donors (Lipinski definition) is 6. The molecule has 3 atom stereocenters. The van der Waals surface area contributed by atoms with Gasteiger partial charge >= 0.3 is 0 Å². The summed E-state index contributed by atoms with van der Waals surface area (Å²) in [5.74, 6) is 0.271. The number of aryl methyl sites for hydroxylation is 1. The second kappa shape index (κ2) is 10.0. The Hall–Kier alpha value is -2.44. The van der Waals surface area contributed by atoms with E-state index in [4.69, 9.17) is 5.73 Å². The average molecular weight is 415 g/mol. The first-order valence-electron chi connectivity index (χ1n) is 10.9. The Bertz CT molecular complexity index is 855. The molecule has 0 heterocycles. The van der Waals surface area contributed by atoms with Crippen molar-refractivity contribution in [2.24, 2.45) is 11.7 Å². The molecule has 2 aromatic rings. The van der Waals surface area contributed by atoms with Crippen molar-refractivity contribution in [2.75, 3.05) is 0 Å². The van der Waals surface area contributed by atoms with Crippen LogP contribution < -0.4 is 11.1 Å². The summed E-state index contributed by atoms with van der Waals surface area (Å²) in [7, 11) is 0. The van der Waals surface area contributed by atoms with Crippen LogP contribution in [0.2, 0.25) is 0 Å². The molecule has 7 N–H and O–H groups in total. The highest BCUT2D eigenvalue weighted by Crippen LogP contribution is 2.36. The molecule has 0 spiro atoms. The minimum Gasteiger partial charge on any atom is -0.504 e. The largest absolute Gasteiger partial charge is 0.504 e. The van der Waals surface area contributed by atoms with Gasteiger partial charge in [0.25, 0.3) is 0 Å². The highest BCUT2D eigenvalue weighted by Gasteiger charge is 2.24. The van der Waals surface area contributed by atoms with Crippen LogP contribution in [0.5, 0.6) is 23.0 Å². The SMILES string of the molecule is CCCC(CCc1ccc(O)c(O)c1)CC(N)NC1CCc2c(ccc(O)c2O)C1. The average Bonchev–Trinajstić information content (AvgIpc) is 2.71. The highest BCUT2D eigenvalue weighted by molar-refractivity contribution is 5.50. The molecule has 0 radical (unpaired) electrons. The van der Waals surface area contributed by atoms with E-state index in [-0.39, 0.29) is 35.2 Å². The van der Waals surface area contributed by atoms with Crippen molar-refractivity contribution in [3.63, 3.8) is 0 Å². The Kier molecular flexibility index (Phi) is 7.45. The van der Waals surface area contributed by atoms with Crippen LogP contribution in [0.4, 0.5) is 0 Å². The molecule has 0 aromatic heterocycles. The van der Waals surface area contributed by atoms with Crippen molar-refractivity contribution < 1.29 is 20.4 Å². The third kappa shape index (κ3) is 5.58. The van der Waals surface area contributed by atoms with Crippen LogP contribution in [0.1, 0.15) is 55.7 Å². The molecule has 0 saturated heterocycles. The van der Waals surface area contributed by atoms with Gasteiger partial charge in [0.15, 0.2) is 23.0 Å². The van der Waals surface area contributed by atoms with E-state index < -0.39 is 0 Å². The summed E-state index contributed by atoms with van der Waals surface area (Å²) < 4.78 is 0. The molecule has 6 heteroatoms. The van der Waals surface area contributed by atoms with Crippen molar-refractivity contribution in [3.05, 3.63) is 47.0 Å². The zero-order chi connectivity index (χ0) is 21.7. The topological polar surface area (TPSA) is 119 Å². The van der Waals surface area contributed by atoms with E-state index in [1.54, 1.807) is 12.1 Å². The maximum atomic E-state index is 10.1. The number of phenolic OH excluding ortho intramolecular Hbond substituents is 4. The van der Waals surface area contributed by atoms with Gasteiger partial charge < -0.3 is 26.2 Å². The number of nitrogens with one attached hydrogen (secondary N) is 1. The van der Waals surface area contributed by atoms with Gasteiger partial charge in [-0.1, -0.05) is 31.9 Å². The lowest BCUT2D eigenvalue weighted by Gasteiger charge is -2.30. The minimum atomic E-state index is -0.105. The fraction of sp³-hybridized carbons (Fsp3) is 0.500. The predicted molar refractivity (Wildman–Crippen MR) is 118 cm³/mol. The first-order valence-corrected chi connectivity index (χ1v) is 10.9. The lowest BCUT2D eigenvalue weighted by molar-refractivity contribution is 0.312. The Morgan fingerprint density at radius 2 is 1.80 bits per heavy atom. The molecule has 6 nitrogen and oxygen atoms in total. The fourth-order valence-electron chi connectivity index (χ4n) is 4.58. The molecule has 0 saturated carbocycles. The molecule has 0 fully saturated rings. The summed E-state index contributed by atoms with van der Waals surface area (Å²) in [6.07, 6.45) is 7.18. The molecule has 30 heavy (non-hydrogen) atoms. The number of nitrogens with two attached hydrogens (primary N) is 1. The third-order valence-electron chi connectivity index (χ3n) is 6.18. The van der Waals surface area contributed by atoms with Crippen molar-refractivity contribution in [3.8, 4) is 23.0 Å². The quantitative estimate of drug-likeness (QED) is 0.275. The molecule has 2 aromatic carbocycles. The smallest absolute Gasteiger partial charge is 0.160 e. The number of benzene rings is 2. The first-order chi connectivity index (χ1) is 14.4. The van der Waals surface area contributed by atoms with E-state index in [1.807, 2.05) is 12.1 Å². The Balaban J connectivity index is 1.52. The number of hydrogen-bond acceptors (Lipinski definition) is 6. The fourth-order valence-corrected chi connectivity index (χ4v) is 4.58. The predicted octanol–water partition coefficient (Wildman–Crippen LogP) is 3.68. The lowest BCUT2D eigenvalue weighted by Crippen LogP contribution is -2.47. The number of fused-ring (bicyclic) bond motifs is 1. The maximum Gasteiger partial charge on any atom is 0.160 e. The Morgan fingerprint density at radius 1 is 1.03 bits per heavy atom. The third-order valence-corrected chi connectivity index (χ3v) is 6.18. The summed E-state index contributed by atoms with van der Waals surface area (Å²) >= 11 is 0. The van der Waals surface area contributed by atoms with Crippen molar-refractivity contribution in [1.82, 2.24) is 5.32 Å². The van der Waals surface area contributed by atoms with E-state index in [0.29, 0.717) is 5.92 Å². The minimum absolute atomic E-state index is 0.0125. The molecule has 1 aliphatic rings. The molecule has 3 rings (SSSR count). The van der Waals surface area contributed by atoms with Gasteiger partial charge in [0.05, 0.1) is 6.17 Å². The van der Waals surface area contributed by atoms with Gasteiger partial charge in [0.2, 0.25) is 0 Å². The Morgan fingerprint density at radius 3 is 2.53 bits per heavy atom. The molecule has 0 bridgehead atoms. The zero-order valence-electron chi connectivity index (χ0n) is 17.6. The monoisotopic (exact) mass is 414 g/mol. The maximum absolute atomic E-state index is 10.1. The summed E-state index contributed by atoms with van der Waals surface area (Å²) in [6, 6.07) is 8.70. The summed E-state index contributed by atoms with van der Waals surface area (Å²) in [4.78, 5) is 0. The van der Waals surface area contributed by atoms with Crippen molar-refractivity contribution in [1.29, 1.82) is 0 Å². The van der Waals surface area contributed by atoms with Gasteiger partial charge in [-0.25, -0.2) is 0 Å². The molecular weight excluding hydrogens is 380 g/mol. The number of aromatic hydroxyl groups is 4. The van der Waals surface area contributed by atoms with Crippen LogP contribution in [0.15, 0.2) is 30.3 Å². The summed E-state index contributed by atoms with van der Waals surface area (Å²) in [5, 5.41) is 42.5. The van der Waals surface area contributed by atoms with E-state index in [9.17, 15) is 20.4 Å².